The number of nitrogens with one attached hydrogen (secondary N) is 2. The molecule has 5 nitrogen and oxygen atoms in total. The number of rotatable bonds is 6. The van der Waals surface area contributed by atoms with Gasteiger partial charge in [-0.3, -0.25) is 4.90 Å². The van der Waals surface area contributed by atoms with Gasteiger partial charge >= 0.3 is 6.03 Å². The quantitative estimate of drug-likeness (QED) is 0.777. The van der Waals surface area contributed by atoms with Crippen molar-refractivity contribution >= 4 is 11.7 Å². The topological polar surface area (TPSA) is 53.6 Å². The van der Waals surface area contributed by atoms with E-state index in [4.69, 9.17) is 4.74 Å². The lowest BCUT2D eigenvalue weighted by Gasteiger charge is -2.31. The number of hydrogen-bond acceptors (Lipinski definition) is 3. The van der Waals surface area contributed by atoms with Crippen molar-refractivity contribution in [3.05, 3.63) is 59.7 Å². The van der Waals surface area contributed by atoms with Gasteiger partial charge in [-0.15, -0.1) is 0 Å². The van der Waals surface area contributed by atoms with Crippen LogP contribution in [0, 0.1) is 0 Å². The first kappa shape index (κ1) is 20.1. The van der Waals surface area contributed by atoms with E-state index < -0.39 is 5.92 Å². The van der Waals surface area contributed by atoms with Crippen molar-refractivity contribution in [2.45, 2.75) is 31.9 Å². The van der Waals surface area contributed by atoms with E-state index in [1.54, 1.807) is 7.11 Å². The maximum Gasteiger partial charge on any atom is 0.319 e. The second-order valence-electron chi connectivity index (χ2n) is 6.98. The Balaban J connectivity index is 1.43. The van der Waals surface area contributed by atoms with Crippen molar-refractivity contribution < 1.29 is 18.3 Å². The summed E-state index contributed by atoms with van der Waals surface area (Å²) in [5.74, 6) is -1.75. The Hall–Kier alpha value is -2.67. The highest BCUT2D eigenvalue weighted by Crippen LogP contribution is 2.28. The number of piperidine rings is 1. The SMILES string of the molecule is COc1ccc(CNC(=O)Nc2ccc(CN3CCC(F)(F)CC3)cc2)cc1. The van der Waals surface area contributed by atoms with Crippen LogP contribution in [0.5, 0.6) is 5.75 Å². The number of hydrogen-bond donors (Lipinski definition) is 2. The number of likely N-dealkylation sites (tertiary alicyclic amines) is 1. The molecule has 1 saturated heterocycles. The smallest absolute Gasteiger partial charge is 0.319 e. The summed E-state index contributed by atoms with van der Waals surface area (Å²) in [5, 5.41) is 5.59. The zero-order chi connectivity index (χ0) is 20.0. The van der Waals surface area contributed by atoms with Gasteiger partial charge in [-0.05, 0) is 35.4 Å². The van der Waals surface area contributed by atoms with Crippen LogP contribution in [0.2, 0.25) is 0 Å². The minimum atomic E-state index is -2.52. The molecule has 1 heterocycles. The van der Waals surface area contributed by atoms with Crippen LogP contribution >= 0.6 is 0 Å². The van der Waals surface area contributed by atoms with E-state index in [1.807, 2.05) is 53.4 Å². The number of halogens is 2. The highest BCUT2D eigenvalue weighted by Gasteiger charge is 2.33. The number of benzene rings is 2. The van der Waals surface area contributed by atoms with Crippen molar-refractivity contribution in [3.8, 4) is 5.75 Å². The number of methoxy groups -OCH3 is 1. The van der Waals surface area contributed by atoms with Crippen LogP contribution in [0.1, 0.15) is 24.0 Å². The fourth-order valence-electron chi connectivity index (χ4n) is 3.09. The van der Waals surface area contributed by atoms with Crippen LogP contribution in [0.3, 0.4) is 0 Å². The lowest BCUT2D eigenvalue weighted by Crippen LogP contribution is -2.38. The average Bonchev–Trinajstić information content (AvgIpc) is 2.70. The fraction of sp³-hybridized carbons (Fsp3) is 0.381. The van der Waals surface area contributed by atoms with E-state index >= 15 is 0 Å². The summed E-state index contributed by atoms with van der Waals surface area (Å²) in [5.41, 5.74) is 2.69. The number of amides is 2. The molecule has 1 fully saturated rings. The summed E-state index contributed by atoms with van der Waals surface area (Å²) in [7, 11) is 1.61. The van der Waals surface area contributed by atoms with Crippen molar-refractivity contribution in [2.75, 3.05) is 25.5 Å². The molecule has 2 amide bonds. The Morgan fingerprint density at radius 3 is 2.25 bits per heavy atom. The van der Waals surface area contributed by atoms with Gasteiger partial charge in [-0.25, -0.2) is 13.6 Å². The Morgan fingerprint density at radius 2 is 1.64 bits per heavy atom. The van der Waals surface area contributed by atoms with Crippen molar-refractivity contribution in [1.82, 2.24) is 10.2 Å². The van der Waals surface area contributed by atoms with Gasteiger partial charge in [0.2, 0.25) is 0 Å². The summed E-state index contributed by atoms with van der Waals surface area (Å²) in [6, 6.07) is 14.6. The second kappa shape index (κ2) is 9.01. The van der Waals surface area contributed by atoms with Crippen molar-refractivity contribution in [2.24, 2.45) is 0 Å². The van der Waals surface area contributed by atoms with Crippen LogP contribution in [0.25, 0.3) is 0 Å². The molecule has 2 aromatic rings. The highest BCUT2D eigenvalue weighted by atomic mass is 19.3. The van der Waals surface area contributed by atoms with Gasteiger partial charge in [0.05, 0.1) is 7.11 Å². The minimum absolute atomic E-state index is 0.0823. The minimum Gasteiger partial charge on any atom is -0.497 e. The molecule has 2 N–H and O–H groups in total. The molecule has 0 radical (unpaired) electrons. The summed E-state index contributed by atoms with van der Waals surface area (Å²) in [4.78, 5) is 14.1. The van der Waals surface area contributed by atoms with E-state index in [9.17, 15) is 13.6 Å². The van der Waals surface area contributed by atoms with Gasteiger partial charge in [-0.1, -0.05) is 24.3 Å². The highest BCUT2D eigenvalue weighted by molar-refractivity contribution is 5.89. The molecule has 0 bridgehead atoms. The van der Waals surface area contributed by atoms with Gasteiger partial charge < -0.3 is 15.4 Å². The van der Waals surface area contributed by atoms with Gasteiger partial charge in [-0.2, -0.15) is 0 Å². The molecule has 0 aliphatic carbocycles. The molecule has 0 spiro atoms. The van der Waals surface area contributed by atoms with Gasteiger partial charge in [0.25, 0.3) is 5.92 Å². The monoisotopic (exact) mass is 389 g/mol. The Bertz CT molecular complexity index is 769. The van der Waals surface area contributed by atoms with Crippen LogP contribution in [0.4, 0.5) is 19.3 Å². The second-order valence-corrected chi connectivity index (χ2v) is 6.98. The first-order chi connectivity index (χ1) is 13.4. The lowest BCUT2D eigenvalue weighted by molar-refractivity contribution is -0.0566. The largest absolute Gasteiger partial charge is 0.497 e. The fourth-order valence-corrected chi connectivity index (χ4v) is 3.09. The van der Waals surface area contributed by atoms with E-state index in [0.29, 0.717) is 31.9 Å². The van der Waals surface area contributed by atoms with Crippen LogP contribution in [0.15, 0.2) is 48.5 Å². The molecule has 0 saturated carbocycles. The third-order valence-electron chi connectivity index (χ3n) is 4.82. The number of carbonyl (C=O) groups is 1. The number of nitrogens with zero attached hydrogens (tertiary/aromatic N) is 1. The molecule has 7 heteroatoms. The Morgan fingerprint density at radius 1 is 1.04 bits per heavy atom. The van der Waals surface area contributed by atoms with E-state index in [0.717, 1.165) is 16.9 Å². The van der Waals surface area contributed by atoms with Crippen LogP contribution in [-0.4, -0.2) is 37.1 Å². The summed E-state index contributed by atoms with van der Waals surface area (Å²) >= 11 is 0. The molecule has 150 valence electrons. The molecule has 2 aromatic carbocycles. The van der Waals surface area contributed by atoms with Crippen molar-refractivity contribution in [3.63, 3.8) is 0 Å². The van der Waals surface area contributed by atoms with Gasteiger partial charge in [0.15, 0.2) is 0 Å². The maximum absolute atomic E-state index is 13.2. The van der Waals surface area contributed by atoms with Gasteiger partial charge in [0.1, 0.15) is 5.75 Å². The normalized spacial score (nSPS) is 16.4. The van der Waals surface area contributed by atoms with Crippen LogP contribution < -0.4 is 15.4 Å². The van der Waals surface area contributed by atoms with Crippen LogP contribution in [-0.2, 0) is 13.1 Å². The number of alkyl halides is 2. The molecule has 1 aliphatic rings. The van der Waals surface area contributed by atoms with E-state index in [1.165, 1.54) is 0 Å². The molecule has 1 aliphatic heterocycles. The first-order valence-corrected chi connectivity index (χ1v) is 9.30. The molecule has 28 heavy (non-hydrogen) atoms. The molecular weight excluding hydrogens is 364 g/mol. The van der Waals surface area contributed by atoms with Gasteiger partial charge in [0, 0.05) is 44.7 Å². The zero-order valence-corrected chi connectivity index (χ0v) is 15.9. The predicted octanol–water partition coefficient (Wildman–Crippen LogP) is 4.25. The third-order valence-corrected chi connectivity index (χ3v) is 4.82. The molecule has 3 rings (SSSR count). The summed E-state index contributed by atoms with van der Waals surface area (Å²) < 4.78 is 31.5. The first-order valence-electron chi connectivity index (χ1n) is 9.30. The summed E-state index contributed by atoms with van der Waals surface area (Å²) in [6.07, 6.45) is -0.165. The number of anilines is 1. The Kier molecular flexibility index (Phi) is 6.46. The molecule has 0 atom stereocenters. The number of ether oxygens (including phenoxy) is 1. The number of carbonyl (C=O) groups excluding carboxylic acids is 1. The van der Waals surface area contributed by atoms with E-state index in [2.05, 4.69) is 10.6 Å². The Labute approximate surface area is 163 Å². The van der Waals surface area contributed by atoms with Crippen molar-refractivity contribution in [1.29, 1.82) is 0 Å². The third kappa shape index (κ3) is 5.92. The molecule has 0 unspecified atom stereocenters. The number of urea groups is 1. The standard InChI is InChI=1S/C21H25F2N3O2/c1-28-19-8-4-16(5-9-19)14-24-20(27)25-18-6-2-17(3-7-18)15-26-12-10-21(22,23)11-13-26/h2-9H,10-15H2,1H3,(H2,24,25,27). The maximum atomic E-state index is 13.2. The molecule has 0 aromatic heterocycles. The zero-order valence-electron chi connectivity index (χ0n) is 15.9. The predicted molar refractivity (Wildman–Crippen MR) is 105 cm³/mol. The summed E-state index contributed by atoms with van der Waals surface area (Å²) in [6.45, 7) is 1.86. The van der Waals surface area contributed by atoms with E-state index in [-0.39, 0.29) is 18.9 Å². The lowest BCUT2D eigenvalue weighted by atomic mass is 10.1. The average molecular weight is 389 g/mol. The molecular formula is C21H25F2N3O2.